The Kier molecular flexibility index (Phi) is 5.53. The lowest BCUT2D eigenvalue weighted by molar-refractivity contribution is 0.102. The van der Waals surface area contributed by atoms with E-state index >= 15 is 0 Å². The molecule has 0 bridgehead atoms. The van der Waals surface area contributed by atoms with Crippen molar-refractivity contribution < 1.29 is 4.79 Å². The number of amides is 1. The van der Waals surface area contributed by atoms with Gasteiger partial charge in [-0.3, -0.25) is 4.79 Å². The molecule has 2 rings (SSSR count). The van der Waals surface area contributed by atoms with Crippen LogP contribution in [0.5, 0.6) is 0 Å². The highest BCUT2D eigenvalue weighted by Crippen LogP contribution is 2.17. The monoisotopic (exact) mass is 297 g/mol. The highest BCUT2D eigenvalue weighted by atomic mass is 16.1. The largest absolute Gasteiger partial charge is 0.384 e. The van der Waals surface area contributed by atoms with E-state index in [-0.39, 0.29) is 5.91 Å². The molecule has 22 heavy (non-hydrogen) atoms. The van der Waals surface area contributed by atoms with Crippen LogP contribution in [0.1, 0.15) is 41.4 Å². The highest BCUT2D eigenvalue weighted by molar-refractivity contribution is 6.03. The molecule has 0 saturated carbocycles. The van der Waals surface area contributed by atoms with Crippen LogP contribution >= 0.6 is 0 Å². The molecule has 0 aliphatic carbocycles. The number of pyridine rings is 1. The number of unbranched alkanes of at least 4 members (excludes halogenated alkanes) is 1. The summed E-state index contributed by atoms with van der Waals surface area (Å²) in [6, 6.07) is 9.58. The number of nitrogens with zero attached hydrogens (tertiary/aromatic N) is 1. The Balaban J connectivity index is 2.00. The minimum atomic E-state index is -0.188. The van der Waals surface area contributed by atoms with Crippen LogP contribution in [-0.4, -0.2) is 17.4 Å². The van der Waals surface area contributed by atoms with Crippen molar-refractivity contribution in [2.45, 2.75) is 33.6 Å². The summed E-state index contributed by atoms with van der Waals surface area (Å²) in [6.07, 6.45) is 3.97. The second kappa shape index (κ2) is 7.59. The predicted molar refractivity (Wildman–Crippen MR) is 91.5 cm³/mol. The topological polar surface area (TPSA) is 54.0 Å². The summed E-state index contributed by atoms with van der Waals surface area (Å²) in [5.41, 5.74) is 4.41. The number of nitrogens with one attached hydrogen (secondary N) is 2. The summed E-state index contributed by atoms with van der Waals surface area (Å²) < 4.78 is 0. The third kappa shape index (κ3) is 4.32. The number of aryl methyl sites for hydroxylation is 2. The average Bonchev–Trinajstić information content (AvgIpc) is 2.51. The quantitative estimate of drug-likeness (QED) is 0.787. The van der Waals surface area contributed by atoms with Crippen LogP contribution < -0.4 is 10.6 Å². The molecule has 1 amide bonds. The van der Waals surface area contributed by atoms with Gasteiger partial charge in [-0.25, -0.2) is 4.98 Å². The maximum absolute atomic E-state index is 12.2. The van der Waals surface area contributed by atoms with E-state index < -0.39 is 0 Å². The summed E-state index contributed by atoms with van der Waals surface area (Å²) in [5.74, 6) is -0.188. The number of hydrogen-bond acceptors (Lipinski definition) is 3. The molecule has 0 radical (unpaired) electrons. The minimum absolute atomic E-state index is 0.188. The fourth-order valence-electron chi connectivity index (χ4n) is 2.18. The average molecular weight is 297 g/mol. The molecule has 2 N–H and O–H groups in total. The van der Waals surface area contributed by atoms with Gasteiger partial charge in [0.1, 0.15) is 5.69 Å². The standard InChI is InChI=1S/C18H23N3O/c1-4-5-10-19-15-7-9-17(20-12-15)18(22)21-16-8-6-13(2)11-14(16)3/h6-9,11-12,19H,4-5,10H2,1-3H3,(H,21,22). The lowest BCUT2D eigenvalue weighted by Crippen LogP contribution is -2.14. The Morgan fingerprint density at radius 2 is 2.00 bits per heavy atom. The summed E-state index contributed by atoms with van der Waals surface area (Å²) in [4.78, 5) is 16.5. The fourth-order valence-corrected chi connectivity index (χ4v) is 2.18. The number of hydrogen-bond donors (Lipinski definition) is 2. The lowest BCUT2D eigenvalue weighted by atomic mass is 10.1. The van der Waals surface area contributed by atoms with Crippen LogP contribution in [0.25, 0.3) is 0 Å². The highest BCUT2D eigenvalue weighted by Gasteiger charge is 2.09. The molecule has 0 saturated heterocycles. The molecule has 0 atom stereocenters. The normalized spacial score (nSPS) is 10.3. The van der Waals surface area contributed by atoms with Gasteiger partial charge in [-0.15, -0.1) is 0 Å². The van der Waals surface area contributed by atoms with Gasteiger partial charge in [0.15, 0.2) is 0 Å². The first-order valence-electron chi connectivity index (χ1n) is 7.68. The van der Waals surface area contributed by atoms with E-state index in [1.54, 1.807) is 12.3 Å². The number of benzene rings is 1. The maximum Gasteiger partial charge on any atom is 0.274 e. The predicted octanol–water partition coefficient (Wildman–Crippen LogP) is 4.16. The maximum atomic E-state index is 12.2. The third-order valence-corrected chi connectivity index (χ3v) is 3.49. The lowest BCUT2D eigenvalue weighted by Gasteiger charge is -2.09. The number of anilines is 2. The Labute approximate surface area is 132 Å². The molecule has 2 aromatic rings. The van der Waals surface area contributed by atoms with E-state index in [2.05, 4.69) is 22.5 Å². The summed E-state index contributed by atoms with van der Waals surface area (Å²) in [7, 11) is 0. The van der Waals surface area contributed by atoms with Gasteiger partial charge in [0.2, 0.25) is 0 Å². The zero-order valence-electron chi connectivity index (χ0n) is 13.4. The van der Waals surface area contributed by atoms with E-state index in [4.69, 9.17) is 0 Å². The van der Waals surface area contributed by atoms with Gasteiger partial charge in [-0.2, -0.15) is 0 Å². The van der Waals surface area contributed by atoms with Crippen molar-refractivity contribution in [3.63, 3.8) is 0 Å². The Morgan fingerprint density at radius 1 is 1.18 bits per heavy atom. The van der Waals surface area contributed by atoms with Gasteiger partial charge >= 0.3 is 0 Å². The molecule has 4 nitrogen and oxygen atoms in total. The molecule has 0 unspecified atom stereocenters. The summed E-state index contributed by atoms with van der Waals surface area (Å²) in [5, 5.41) is 6.19. The van der Waals surface area contributed by atoms with Gasteiger partial charge < -0.3 is 10.6 Å². The Morgan fingerprint density at radius 3 is 2.64 bits per heavy atom. The summed E-state index contributed by atoms with van der Waals surface area (Å²) in [6.45, 7) is 7.09. The van der Waals surface area contributed by atoms with E-state index in [0.29, 0.717) is 5.69 Å². The molecule has 1 aromatic carbocycles. The van der Waals surface area contributed by atoms with Crippen LogP contribution in [-0.2, 0) is 0 Å². The van der Waals surface area contributed by atoms with Gasteiger partial charge in [0.05, 0.1) is 11.9 Å². The zero-order valence-corrected chi connectivity index (χ0v) is 13.4. The second-order valence-corrected chi connectivity index (χ2v) is 5.48. The Bertz CT molecular complexity index is 635. The number of aromatic nitrogens is 1. The number of rotatable bonds is 6. The van der Waals surface area contributed by atoms with Crippen LogP contribution in [0.15, 0.2) is 36.5 Å². The van der Waals surface area contributed by atoms with Crippen LogP contribution in [0.2, 0.25) is 0 Å². The van der Waals surface area contributed by atoms with E-state index in [0.717, 1.165) is 36.3 Å². The van der Waals surface area contributed by atoms with Crippen molar-refractivity contribution in [1.29, 1.82) is 0 Å². The van der Waals surface area contributed by atoms with Crippen molar-refractivity contribution >= 4 is 17.3 Å². The van der Waals surface area contributed by atoms with Crippen molar-refractivity contribution in [2.24, 2.45) is 0 Å². The van der Waals surface area contributed by atoms with Crippen LogP contribution in [0, 0.1) is 13.8 Å². The van der Waals surface area contributed by atoms with Crippen molar-refractivity contribution in [2.75, 3.05) is 17.2 Å². The first-order chi connectivity index (χ1) is 10.6. The molecule has 1 heterocycles. The van der Waals surface area contributed by atoms with Crippen molar-refractivity contribution in [3.05, 3.63) is 53.3 Å². The third-order valence-electron chi connectivity index (χ3n) is 3.49. The molecule has 0 spiro atoms. The van der Waals surface area contributed by atoms with E-state index in [1.807, 2.05) is 38.1 Å². The number of carbonyl (C=O) groups is 1. The molecule has 0 aliphatic rings. The minimum Gasteiger partial charge on any atom is -0.384 e. The molecule has 116 valence electrons. The molecule has 4 heteroatoms. The van der Waals surface area contributed by atoms with Crippen molar-refractivity contribution in [1.82, 2.24) is 4.98 Å². The van der Waals surface area contributed by atoms with Gasteiger partial charge in [0, 0.05) is 12.2 Å². The molecule has 1 aromatic heterocycles. The molecule has 0 fully saturated rings. The van der Waals surface area contributed by atoms with E-state index in [9.17, 15) is 4.79 Å². The molecular weight excluding hydrogens is 274 g/mol. The fraction of sp³-hybridized carbons (Fsp3) is 0.333. The first kappa shape index (κ1) is 16.0. The van der Waals surface area contributed by atoms with Gasteiger partial charge in [0.25, 0.3) is 5.91 Å². The SMILES string of the molecule is CCCCNc1ccc(C(=O)Nc2ccc(C)cc2C)nc1. The number of carbonyl (C=O) groups excluding carboxylic acids is 1. The van der Waals surface area contributed by atoms with Crippen LogP contribution in [0.3, 0.4) is 0 Å². The smallest absolute Gasteiger partial charge is 0.274 e. The van der Waals surface area contributed by atoms with E-state index in [1.165, 1.54) is 5.56 Å². The Hall–Kier alpha value is -2.36. The molecule has 0 aliphatic heterocycles. The second-order valence-electron chi connectivity index (χ2n) is 5.48. The molecular formula is C18H23N3O. The van der Waals surface area contributed by atoms with Crippen LogP contribution in [0.4, 0.5) is 11.4 Å². The van der Waals surface area contributed by atoms with Gasteiger partial charge in [-0.05, 0) is 44.0 Å². The first-order valence-corrected chi connectivity index (χ1v) is 7.68. The summed E-state index contributed by atoms with van der Waals surface area (Å²) >= 11 is 0. The van der Waals surface area contributed by atoms with Gasteiger partial charge in [-0.1, -0.05) is 31.0 Å². The van der Waals surface area contributed by atoms with Crippen molar-refractivity contribution in [3.8, 4) is 0 Å². The zero-order chi connectivity index (χ0) is 15.9.